The maximum atomic E-state index is 12.0. The highest BCUT2D eigenvalue weighted by atomic mass is 127. The Kier molecular flexibility index (Phi) is 3.45. The molecule has 0 aliphatic carbocycles. The molecular formula is C7H3F3INO4. The van der Waals surface area contributed by atoms with Crippen LogP contribution in [0.3, 0.4) is 0 Å². The van der Waals surface area contributed by atoms with Crippen LogP contribution in [0.25, 0.3) is 0 Å². The van der Waals surface area contributed by atoms with Crippen molar-refractivity contribution in [2.24, 2.45) is 0 Å². The number of carbonyl (C=O) groups is 1. The zero-order valence-corrected chi connectivity index (χ0v) is 9.42. The third-order valence-electron chi connectivity index (χ3n) is 1.44. The molecule has 0 saturated heterocycles. The molecule has 0 saturated carbocycles. The number of aromatic amines is 1. The molecular weight excluding hydrogens is 346 g/mol. The molecule has 88 valence electrons. The van der Waals surface area contributed by atoms with E-state index in [0.717, 1.165) is 0 Å². The van der Waals surface area contributed by atoms with Gasteiger partial charge in [-0.2, -0.15) is 0 Å². The van der Waals surface area contributed by atoms with E-state index in [1.165, 1.54) is 22.6 Å². The van der Waals surface area contributed by atoms with Crippen LogP contribution >= 0.6 is 22.6 Å². The third kappa shape index (κ3) is 2.87. The quantitative estimate of drug-likeness (QED) is 0.795. The molecule has 1 heterocycles. The number of carboxylic acids is 1. The molecule has 0 atom stereocenters. The summed E-state index contributed by atoms with van der Waals surface area (Å²) in [5, 5.41) is 8.61. The number of hydrogen-bond donors (Lipinski definition) is 2. The minimum Gasteiger partial charge on any atom is -0.477 e. The summed E-state index contributed by atoms with van der Waals surface area (Å²) >= 11 is 1.27. The average molecular weight is 349 g/mol. The first-order valence-electron chi connectivity index (χ1n) is 3.62. The maximum absolute atomic E-state index is 12.0. The Morgan fingerprint density at radius 3 is 2.50 bits per heavy atom. The number of carboxylic acid groups (broad SMARTS) is 1. The van der Waals surface area contributed by atoms with Crippen molar-refractivity contribution < 1.29 is 27.8 Å². The minimum atomic E-state index is -5.06. The first-order valence-corrected chi connectivity index (χ1v) is 4.70. The van der Waals surface area contributed by atoms with E-state index in [1.807, 2.05) is 4.98 Å². The second-order valence-corrected chi connectivity index (χ2v) is 3.61. The monoisotopic (exact) mass is 349 g/mol. The van der Waals surface area contributed by atoms with Gasteiger partial charge in [-0.3, -0.25) is 4.79 Å². The summed E-state index contributed by atoms with van der Waals surface area (Å²) in [5.74, 6) is -2.64. The van der Waals surface area contributed by atoms with Gasteiger partial charge in [0.05, 0.1) is 0 Å². The number of nitrogens with one attached hydrogen (secondary N) is 1. The van der Waals surface area contributed by atoms with Gasteiger partial charge in [0, 0.05) is 6.20 Å². The summed E-state index contributed by atoms with van der Waals surface area (Å²) in [6, 6.07) is 0. The Morgan fingerprint density at radius 1 is 1.50 bits per heavy atom. The Bertz CT molecular complexity index is 482. The number of aromatic nitrogens is 1. The standard InChI is InChI=1S/C7H3F3INO4/c8-7(9,10)16-4-2(6(14)15)1-12-5(13)3(4)11/h1H,(H,12,13)(H,14,15). The SMILES string of the molecule is O=C(O)c1c[nH]c(=O)c(I)c1OC(F)(F)F. The van der Waals surface area contributed by atoms with E-state index in [1.54, 1.807) is 0 Å². The van der Waals surface area contributed by atoms with E-state index in [-0.39, 0.29) is 0 Å². The van der Waals surface area contributed by atoms with Gasteiger partial charge >= 0.3 is 12.3 Å². The molecule has 1 aromatic heterocycles. The topological polar surface area (TPSA) is 79.4 Å². The van der Waals surface area contributed by atoms with Gasteiger partial charge < -0.3 is 14.8 Å². The molecule has 0 radical (unpaired) electrons. The average Bonchev–Trinajstić information content (AvgIpc) is 2.10. The van der Waals surface area contributed by atoms with E-state index in [4.69, 9.17) is 5.11 Å². The molecule has 9 heteroatoms. The van der Waals surface area contributed by atoms with Crippen molar-refractivity contribution in [3.8, 4) is 5.75 Å². The fraction of sp³-hybridized carbons (Fsp3) is 0.143. The second kappa shape index (κ2) is 4.31. The lowest BCUT2D eigenvalue weighted by Crippen LogP contribution is -2.23. The van der Waals surface area contributed by atoms with Crippen molar-refractivity contribution in [1.29, 1.82) is 0 Å². The Balaban J connectivity index is 3.38. The summed E-state index contributed by atoms with van der Waals surface area (Å²) in [6.07, 6.45) is -4.41. The summed E-state index contributed by atoms with van der Waals surface area (Å²) < 4.78 is 38.9. The molecule has 2 N–H and O–H groups in total. The zero-order chi connectivity index (χ0) is 12.5. The van der Waals surface area contributed by atoms with Gasteiger partial charge in [-0.15, -0.1) is 13.2 Å². The van der Waals surface area contributed by atoms with E-state index in [9.17, 15) is 22.8 Å². The maximum Gasteiger partial charge on any atom is 0.573 e. The molecule has 0 fully saturated rings. The molecule has 0 unspecified atom stereocenters. The van der Waals surface area contributed by atoms with Crippen LogP contribution in [0.4, 0.5) is 13.2 Å². The van der Waals surface area contributed by atoms with Gasteiger partial charge in [0.1, 0.15) is 9.13 Å². The molecule has 0 aliphatic rings. The predicted molar refractivity (Wildman–Crippen MR) is 53.4 cm³/mol. The third-order valence-corrected chi connectivity index (χ3v) is 2.42. The number of ether oxygens (including phenoxy) is 1. The van der Waals surface area contributed by atoms with Gasteiger partial charge in [0.25, 0.3) is 5.56 Å². The van der Waals surface area contributed by atoms with Crippen LogP contribution in [0.2, 0.25) is 0 Å². The summed E-state index contributed by atoms with van der Waals surface area (Å²) in [5.41, 5.74) is -1.62. The van der Waals surface area contributed by atoms with Crippen LogP contribution in [0, 0.1) is 3.57 Å². The molecule has 0 spiro atoms. The molecule has 16 heavy (non-hydrogen) atoms. The van der Waals surface area contributed by atoms with E-state index in [2.05, 4.69) is 4.74 Å². The highest BCUT2D eigenvalue weighted by molar-refractivity contribution is 14.1. The van der Waals surface area contributed by atoms with Crippen molar-refractivity contribution in [3.63, 3.8) is 0 Å². The second-order valence-electron chi connectivity index (χ2n) is 2.53. The van der Waals surface area contributed by atoms with Crippen molar-refractivity contribution in [1.82, 2.24) is 4.98 Å². The number of pyridine rings is 1. The summed E-state index contributed by atoms with van der Waals surface area (Å²) in [7, 11) is 0. The summed E-state index contributed by atoms with van der Waals surface area (Å²) in [6.45, 7) is 0. The van der Waals surface area contributed by atoms with E-state index >= 15 is 0 Å². The Hall–Kier alpha value is -1.26. The van der Waals surface area contributed by atoms with Gasteiger partial charge in [0.15, 0.2) is 5.75 Å². The van der Waals surface area contributed by atoms with Crippen LogP contribution in [0.1, 0.15) is 10.4 Å². The van der Waals surface area contributed by atoms with Gasteiger partial charge in [-0.1, -0.05) is 0 Å². The number of halogens is 4. The van der Waals surface area contributed by atoms with E-state index < -0.39 is 32.8 Å². The fourth-order valence-corrected chi connectivity index (χ4v) is 1.42. The van der Waals surface area contributed by atoms with Crippen LogP contribution in [0.5, 0.6) is 5.75 Å². The highest BCUT2D eigenvalue weighted by Gasteiger charge is 2.34. The summed E-state index contributed by atoms with van der Waals surface area (Å²) in [4.78, 5) is 23.6. The van der Waals surface area contributed by atoms with Crippen LogP contribution in [-0.2, 0) is 0 Å². The zero-order valence-electron chi connectivity index (χ0n) is 7.26. The van der Waals surface area contributed by atoms with Gasteiger partial charge in [-0.25, -0.2) is 4.79 Å². The lowest BCUT2D eigenvalue weighted by Gasteiger charge is -2.11. The number of aromatic carboxylic acids is 1. The number of H-pyrrole nitrogens is 1. The molecule has 0 aliphatic heterocycles. The Morgan fingerprint density at radius 2 is 2.06 bits per heavy atom. The lowest BCUT2D eigenvalue weighted by molar-refractivity contribution is -0.275. The highest BCUT2D eigenvalue weighted by Crippen LogP contribution is 2.28. The van der Waals surface area contributed by atoms with Gasteiger partial charge in [-0.05, 0) is 22.6 Å². The Labute approximate surface area is 99.4 Å². The molecule has 1 rings (SSSR count). The van der Waals surface area contributed by atoms with Crippen molar-refractivity contribution in [2.45, 2.75) is 6.36 Å². The van der Waals surface area contributed by atoms with Crippen LogP contribution in [0.15, 0.2) is 11.0 Å². The lowest BCUT2D eigenvalue weighted by atomic mass is 10.2. The molecule has 0 aromatic carbocycles. The first-order chi connectivity index (χ1) is 7.22. The van der Waals surface area contributed by atoms with Gasteiger partial charge in [0.2, 0.25) is 0 Å². The van der Waals surface area contributed by atoms with Crippen molar-refractivity contribution in [3.05, 3.63) is 25.7 Å². The van der Waals surface area contributed by atoms with Crippen LogP contribution < -0.4 is 10.3 Å². The van der Waals surface area contributed by atoms with Crippen molar-refractivity contribution >= 4 is 28.6 Å². The molecule has 1 aromatic rings. The smallest absolute Gasteiger partial charge is 0.477 e. The fourth-order valence-electron chi connectivity index (χ4n) is 0.862. The molecule has 0 amide bonds. The molecule has 0 bridgehead atoms. The normalized spacial score (nSPS) is 11.2. The predicted octanol–water partition coefficient (Wildman–Crippen LogP) is 1.58. The van der Waals surface area contributed by atoms with Crippen molar-refractivity contribution in [2.75, 3.05) is 0 Å². The first kappa shape index (κ1) is 12.8. The largest absolute Gasteiger partial charge is 0.573 e. The number of alkyl halides is 3. The minimum absolute atomic E-state index is 0.477. The van der Waals surface area contributed by atoms with Crippen LogP contribution in [-0.4, -0.2) is 22.4 Å². The molecule has 5 nitrogen and oxygen atoms in total. The number of hydrogen-bond acceptors (Lipinski definition) is 3. The van der Waals surface area contributed by atoms with E-state index in [0.29, 0.717) is 6.20 Å². The number of rotatable bonds is 2.